The van der Waals surface area contributed by atoms with Crippen molar-refractivity contribution in [1.29, 1.82) is 0 Å². The van der Waals surface area contributed by atoms with E-state index in [9.17, 15) is 4.79 Å². The first-order chi connectivity index (χ1) is 7.68. The lowest BCUT2D eigenvalue weighted by Gasteiger charge is -2.20. The third-order valence-corrected chi connectivity index (χ3v) is 4.16. The van der Waals surface area contributed by atoms with Crippen LogP contribution in [0.5, 0.6) is 0 Å². The lowest BCUT2D eigenvalue weighted by atomic mass is 10.1. The number of amides is 1. The Morgan fingerprint density at radius 2 is 2.25 bits per heavy atom. The van der Waals surface area contributed by atoms with Crippen molar-refractivity contribution in [3.8, 4) is 0 Å². The number of anilines is 1. The number of hydrogen-bond donors (Lipinski definition) is 1. The van der Waals surface area contributed by atoms with Gasteiger partial charge in [-0.15, -0.1) is 11.3 Å². The standard InChI is InChI=1S/C12H18N2OS/c1-14(8-9-4-2-3-5-9)12(15)11-10(13)6-7-16-11/h6-7,9H,2-5,8,13H2,1H3. The van der Waals surface area contributed by atoms with Gasteiger partial charge in [-0.1, -0.05) is 12.8 Å². The average Bonchev–Trinajstić information content (AvgIpc) is 2.88. The van der Waals surface area contributed by atoms with E-state index in [1.54, 1.807) is 6.07 Å². The van der Waals surface area contributed by atoms with E-state index >= 15 is 0 Å². The van der Waals surface area contributed by atoms with Crippen LogP contribution < -0.4 is 5.73 Å². The molecule has 0 aliphatic heterocycles. The van der Waals surface area contributed by atoms with Gasteiger partial charge in [-0.05, 0) is 30.2 Å². The van der Waals surface area contributed by atoms with Crippen molar-refractivity contribution in [2.75, 3.05) is 19.3 Å². The number of hydrogen-bond acceptors (Lipinski definition) is 3. The largest absolute Gasteiger partial charge is 0.397 e. The van der Waals surface area contributed by atoms with Crippen LogP contribution in [-0.4, -0.2) is 24.4 Å². The van der Waals surface area contributed by atoms with Crippen LogP contribution in [0.2, 0.25) is 0 Å². The van der Waals surface area contributed by atoms with Crippen LogP contribution in [0, 0.1) is 5.92 Å². The summed E-state index contributed by atoms with van der Waals surface area (Å²) in [6.07, 6.45) is 5.15. The Bertz CT molecular complexity index is 369. The number of nitrogen functional groups attached to an aromatic ring is 1. The van der Waals surface area contributed by atoms with Crippen molar-refractivity contribution in [3.05, 3.63) is 16.3 Å². The molecule has 0 spiro atoms. The quantitative estimate of drug-likeness (QED) is 0.879. The zero-order valence-electron chi connectivity index (χ0n) is 9.61. The molecule has 2 N–H and O–H groups in total. The highest BCUT2D eigenvalue weighted by Crippen LogP contribution is 2.26. The molecule has 0 atom stereocenters. The van der Waals surface area contributed by atoms with Crippen molar-refractivity contribution in [2.24, 2.45) is 5.92 Å². The summed E-state index contributed by atoms with van der Waals surface area (Å²) in [5.41, 5.74) is 6.36. The van der Waals surface area contributed by atoms with Crippen LogP contribution in [0.25, 0.3) is 0 Å². The Morgan fingerprint density at radius 3 is 2.81 bits per heavy atom. The summed E-state index contributed by atoms with van der Waals surface area (Å²) in [6.45, 7) is 0.871. The predicted molar refractivity (Wildman–Crippen MR) is 67.6 cm³/mol. The summed E-state index contributed by atoms with van der Waals surface area (Å²) in [7, 11) is 1.87. The van der Waals surface area contributed by atoms with E-state index in [-0.39, 0.29) is 5.91 Å². The molecular weight excluding hydrogens is 220 g/mol. The van der Waals surface area contributed by atoms with Crippen LogP contribution in [-0.2, 0) is 0 Å². The molecule has 1 aromatic rings. The summed E-state index contributed by atoms with van der Waals surface area (Å²) in [6, 6.07) is 1.79. The number of carbonyl (C=O) groups excluding carboxylic acids is 1. The average molecular weight is 238 g/mol. The van der Waals surface area contributed by atoms with Gasteiger partial charge in [-0.2, -0.15) is 0 Å². The number of carbonyl (C=O) groups is 1. The molecule has 1 aromatic heterocycles. The maximum absolute atomic E-state index is 12.1. The highest BCUT2D eigenvalue weighted by atomic mass is 32.1. The van der Waals surface area contributed by atoms with Crippen LogP contribution >= 0.6 is 11.3 Å². The molecule has 1 fully saturated rings. The van der Waals surface area contributed by atoms with Gasteiger partial charge in [0, 0.05) is 13.6 Å². The zero-order chi connectivity index (χ0) is 11.5. The topological polar surface area (TPSA) is 46.3 Å². The Morgan fingerprint density at radius 1 is 1.56 bits per heavy atom. The Kier molecular flexibility index (Phi) is 3.49. The lowest BCUT2D eigenvalue weighted by Crippen LogP contribution is -2.30. The number of nitrogens with zero attached hydrogens (tertiary/aromatic N) is 1. The maximum atomic E-state index is 12.1. The summed E-state index contributed by atoms with van der Waals surface area (Å²) >= 11 is 1.43. The van der Waals surface area contributed by atoms with Gasteiger partial charge in [0.15, 0.2) is 0 Å². The molecule has 16 heavy (non-hydrogen) atoms. The second-order valence-electron chi connectivity index (χ2n) is 4.54. The first-order valence-corrected chi connectivity index (χ1v) is 6.65. The van der Waals surface area contributed by atoms with Gasteiger partial charge < -0.3 is 10.6 Å². The minimum Gasteiger partial charge on any atom is -0.397 e. The molecule has 0 bridgehead atoms. The molecule has 88 valence electrons. The molecule has 1 amide bonds. The summed E-state index contributed by atoms with van der Waals surface area (Å²) in [5, 5.41) is 1.87. The molecule has 0 saturated heterocycles. The molecule has 0 unspecified atom stereocenters. The lowest BCUT2D eigenvalue weighted by molar-refractivity contribution is 0.0779. The first-order valence-electron chi connectivity index (χ1n) is 5.77. The summed E-state index contributed by atoms with van der Waals surface area (Å²) in [5.74, 6) is 0.759. The van der Waals surface area contributed by atoms with Gasteiger partial charge in [-0.25, -0.2) is 0 Å². The fourth-order valence-electron chi connectivity index (χ4n) is 2.33. The number of thiophene rings is 1. The Labute approximate surface area is 100 Å². The second-order valence-corrected chi connectivity index (χ2v) is 5.46. The maximum Gasteiger partial charge on any atom is 0.265 e. The fraction of sp³-hybridized carbons (Fsp3) is 0.583. The van der Waals surface area contributed by atoms with Crippen molar-refractivity contribution in [3.63, 3.8) is 0 Å². The summed E-state index contributed by atoms with van der Waals surface area (Å²) in [4.78, 5) is 14.6. The Hall–Kier alpha value is -1.03. The van der Waals surface area contributed by atoms with Crippen molar-refractivity contribution >= 4 is 22.9 Å². The van der Waals surface area contributed by atoms with E-state index in [2.05, 4.69) is 0 Å². The number of nitrogens with two attached hydrogens (primary N) is 1. The number of rotatable bonds is 3. The van der Waals surface area contributed by atoms with Crippen LogP contribution in [0.15, 0.2) is 11.4 Å². The second kappa shape index (κ2) is 4.87. The molecule has 4 heteroatoms. The SMILES string of the molecule is CN(CC1CCCC1)C(=O)c1sccc1N. The van der Waals surface area contributed by atoms with Gasteiger partial charge in [0.05, 0.1) is 5.69 Å². The minimum atomic E-state index is 0.0689. The fourth-order valence-corrected chi connectivity index (χ4v) is 3.14. The van der Waals surface area contributed by atoms with Crippen molar-refractivity contribution in [1.82, 2.24) is 4.90 Å². The van der Waals surface area contributed by atoms with Gasteiger partial charge in [-0.3, -0.25) is 4.79 Å². The van der Waals surface area contributed by atoms with E-state index in [4.69, 9.17) is 5.73 Å². The summed E-state index contributed by atoms with van der Waals surface area (Å²) < 4.78 is 0. The van der Waals surface area contributed by atoms with E-state index in [1.807, 2.05) is 17.3 Å². The third-order valence-electron chi connectivity index (χ3n) is 3.24. The zero-order valence-corrected chi connectivity index (χ0v) is 10.4. The molecular formula is C12H18N2OS. The van der Waals surface area contributed by atoms with E-state index in [1.165, 1.54) is 37.0 Å². The predicted octanol–water partition coefficient (Wildman–Crippen LogP) is 2.59. The molecule has 1 saturated carbocycles. The highest BCUT2D eigenvalue weighted by Gasteiger charge is 2.21. The van der Waals surface area contributed by atoms with Gasteiger partial charge >= 0.3 is 0 Å². The molecule has 0 aromatic carbocycles. The molecule has 0 radical (unpaired) electrons. The van der Waals surface area contributed by atoms with Gasteiger partial charge in [0.2, 0.25) is 0 Å². The molecule has 2 rings (SSSR count). The van der Waals surface area contributed by atoms with Crippen LogP contribution in [0.3, 0.4) is 0 Å². The van der Waals surface area contributed by atoms with Crippen LogP contribution in [0.4, 0.5) is 5.69 Å². The van der Waals surface area contributed by atoms with Crippen molar-refractivity contribution < 1.29 is 4.79 Å². The minimum absolute atomic E-state index is 0.0689. The van der Waals surface area contributed by atoms with Crippen molar-refractivity contribution in [2.45, 2.75) is 25.7 Å². The first kappa shape index (κ1) is 11.5. The van der Waals surface area contributed by atoms with E-state index in [0.717, 1.165) is 6.54 Å². The smallest absolute Gasteiger partial charge is 0.265 e. The normalized spacial score (nSPS) is 16.6. The Balaban J connectivity index is 1.96. The highest BCUT2D eigenvalue weighted by molar-refractivity contribution is 7.12. The van der Waals surface area contributed by atoms with E-state index in [0.29, 0.717) is 16.5 Å². The van der Waals surface area contributed by atoms with Gasteiger partial charge in [0.1, 0.15) is 4.88 Å². The molecule has 1 aliphatic rings. The molecule has 1 aliphatic carbocycles. The molecule has 1 heterocycles. The van der Waals surface area contributed by atoms with Crippen LogP contribution in [0.1, 0.15) is 35.4 Å². The van der Waals surface area contributed by atoms with Gasteiger partial charge in [0.25, 0.3) is 5.91 Å². The monoisotopic (exact) mass is 238 g/mol. The molecule has 3 nitrogen and oxygen atoms in total. The third kappa shape index (κ3) is 2.38. The van der Waals surface area contributed by atoms with E-state index < -0.39 is 0 Å².